The molecule has 0 atom stereocenters. The molecule has 0 saturated carbocycles. The van der Waals surface area contributed by atoms with Crippen LogP contribution in [0.25, 0.3) is 0 Å². The molecule has 0 radical (unpaired) electrons. The van der Waals surface area contributed by atoms with Crippen LogP contribution in [-0.4, -0.2) is 5.91 Å². The number of furan rings is 1. The summed E-state index contributed by atoms with van der Waals surface area (Å²) in [5.74, 6) is -0.0556. The third-order valence-corrected chi connectivity index (χ3v) is 4.25. The molecule has 0 aliphatic rings. The van der Waals surface area contributed by atoms with Gasteiger partial charge in [0.1, 0.15) is 0 Å². The molecule has 0 unspecified atom stereocenters. The van der Waals surface area contributed by atoms with E-state index in [1.54, 1.807) is 12.5 Å². The van der Waals surface area contributed by atoms with Gasteiger partial charge in [-0.25, -0.2) is 0 Å². The lowest BCUT2D eigenvalue weighted by Crippen LogP contribution is -2.21. The van der Waals surface area contributed by atoms with E-state index in [1.165, 1.54) is 11.3 Å². The van der Waals surface area contributed by atoms with Crippen LogP contribution in [0, 0.1) is 6.92 Å². The van der Waals surface area contributed by atoms with Crippen LogP contribution in [0.15, 0.2) is 32.9 Å². The van der Waals surface area contributed by atoms with Gasteiger partial charge in [0.25, 0.3) is 5.91 Å². The van der Waals surface area contributed by atoms with E-state index < -0.39 is 0 Å². The molecule has 2 aromatic rings. The minimum atomic E-state index is -0.0556. The Bertz CT molecular complexity index is 471. The molecular formula is C11H10BrNO2S. The Hall–Kier alpha value is -1.07. The molecule has 0 bridgehead atoms. The molecule has 0 aromatic carbocycles. The zero-order chi connectivity index (χ0) is 11.5. The number of amides is 1. The van der Waals surface area contributed by atoms with Crippen LogP contribution in [0.3, 0.4) is 0 Å². The lowest BCUT2D eigenvalue weighted by atomic mass is 10.3. The van der Waals surface area contributed by atoms with E-state index >= 15 is 0 Å². The normalized spacial score (nSPS) is 10.4. The first-order chi connectivity index (χ1) is 7.66. The fraction of sp³-hybridized carbons (Fsp3) is 0.182. The summed E-state index contributed by atoms with van der Waals surface area (Å²) in [6.07, 6.45) is 3.21. The van der Waals surface area contributed by atoms with Crippen molar-refractivity contribution in [2.75, 3.05) is 0 Å². The van der Waals surface area contributed by atoms with Gasteiger partial charge in [-0.15, -0.1) is 11.3 Å². The van der Waals surface area contributed by atoms with Gasteiger partial charge in [0.05, 0.1) is 21.2 Å². The number of hydrogen-bond donors (Lipinski definition) is 1. The van der Waals surface area contributed by atoms with Gasteiger partial charge in [0.2, 0.25) is 0 Å². The van der Waals surface area contributed by atoms with Crippen LogP contribution in [0.5, 0.6) is 0 Å². The number of aryl methyl sites for hydroxylation is 1. The van der Waals surface area contributed by atoms with E-state index in [2.05, 4.69) is 21.2 Å². The highest BCUT2D eigenvalue weighted by Crippen LogP contribution is 2.27. The number of thiophene rings is 1. The second kappa shape index (κ2) is 4.84. The van der Waals surface area contributed by atoms with Crippen LogP contribution >= 0.6 is 27.3 Å². The second-order valence-electron chi connectivity index (χ2n) is 3.38. The molecule has 2 aromatic heterocycles. The van der Waals surface area contributed by atoms with E-state index in [0.717, 1.165) is 14.9 Å². The summed E-state index contributed by atoms with van der Waals surface area (Å²) in [6, 6.07) is 3.70. The Morgan fingerprint density at radius 1 is 1.62 bits per heavy atom. The summed E-state index contributed by atoms with van der Waals surface area (Å²) in [5, 5.41) is 2.83. The minimum absolute atomic E-state index is 0.0556. The summed E-state index contributed by atoms with van der Waals surface area (Å²) < 4.78 is 5.92. The van der Waals surface area contributed by atoms with Crippen LogP contribution in [0.4, 0.5) is 0 Å². The molecule has 0 aliphatic heterocycles. The molecule has 1 N–H and O–H groups in total. The van der Waals surface area contributed by atoms with Crippen molar-refractivity contribution >= 4 is 33.2 Å². The quantitative estimate of drug-likeness (QED) is 0.944. The molecule has 2 heterocycles. The molecule has 16 heavy (non-hydrogen) atoms. The number of carbonyl (C=O) groups is 1. The summed E-state index contributed by atoms with van der Waals surface area (Å²) in [5.41, 5.74) is 2.04. The predicted molar refractivity (Wildman–Crippen MR) is 66.6 cm³/mol. The maximum Gasteiger partial charge on any atom is 0.261 e. The minimum Gasteiger partial charge on any atom is -0.472 e. The van der Waals surface area contributed by atoms with E-state index in [9.17, 15) is 4.79 Å². The van der Waals surface area contributed by atoms with E-state index in [4.69, 9.17) is 4.42 Å². The molecule has 1 amide bonds. The van der Waals surface area contributed by atoms with E-state index in [-0.39, 0.29) is 5.91 Å². The summed E-state index contributed by atoms with van der Waals surface area (Å²) in [6.45, 7) is 2.46. The van der Waals surface area contributed by atoms with Gasteiger partial charge < -0.3 is 9.73 Å². The van der Waals surface area contributed by atoms with Crippen molar-refractivity contribution in [3.63, 3.8) is 0 Å². The van der Waals surface area contributed by atoms with Crippen molar-refractivity contribution < 1.29 is 9.21 Å². The summed E-state index contributed by atoms with van der Waals surface area (Å²) >= 11 is 4.84. The Morgan fingerprint density at radius 3 is 3.00 bits per heavy atom. The first-order valence-electron chi connectivity index (χ1n) is 4.72. The number of carbonyl (C=O) groups excluding carboxylic acids is 1. The third kappa shape index (κ3) is 2.54. The highest BCUT2D eigenvalue weighted by Gasteiger charge is 2.10. The predicted octanol–water partition coefficient (Wildman–Crippen LogP) is 3.34. The Labute approximate surface area is 106 Å². The van der Waals surface area contributed by atoms with Crippen LogP contribution in [-0.2, 0) is 6.54 Å². The summed E-state index contributed by atoms with van der Waals surface area (Å²) in [7, 11) is 0. The lowest BCUT2D eigenvalue weighted by Gasteiger charge is -2.00. The van der Waals surface area contributed by atoms with Crippen molar-refractivity contribution in [1.82, 2.24) is 5.32 Å². The molecular weight excluding hydrogens is 290 g/mol. The van der Waals surface area contributed by atoms with Gasteiger partial charge in [-0.1, -0.05) is 0 Å². The van der Waals surface area contributed by atoms with Gasteiger partial charge in [-0.2, -0.15) is 0 Å². The number of rotatable bonds is 3. The zero-order valence-corrected chi connectivity index (χ0v) is 11.0. The van der Waals surface area contributed by atoms with Crippen LogP contribution in [0.2, 0.25) is 0 Å². The van der Waals surface area contributed by atoms with Gasteiger partial charge in [0.15, 0.2) is 0 Å². The molecule has 0 saturated heterocycles. The van der Waals surface area contributed by atoms with Crippen LogP contribution in [0.1, 0.15) is 20.8 Å². The van der Waals surface area contributed by atoms with Crippen LogP contribution < -0.4 is 5.32 Å². The Balaban J connectivity index is 1.98. The van der Waals surface area contributed by atoms with E-state index in [0.29, 0.717) is 11.4 Å². The largest absolute Gasteiger partial charge is 0.472 e. The Morgan fingerprint density at radius 2 is 2.44 bits per heavy atom. The highest BCUT2D eigenvalue weighted by atomic mass is 79.9. The van der Waals surface area contributed by atoms with Crippen molar-refractivity contribution in [1.29, 1.82) is 0 Å². The summed E-state index contributed by atoms with van der Waals surface area (Å²) in [4.78, 5) is 12.5. The molecule has 84 valence electrons. The number of halogens is 1. The van der Waals surface area contributed by atoms with Crippen molar-refractivity contribution in [3.05, 3.63) is 44.4 Å². The monoisotopic (exact) mass is 299 g/mol. The topological polar surface area (TPSA) is 42.2 Å². The van der Waals surface area contributed by atoms with Crippen molar-refractivity contribution in [3.8, 4) is 0 Å². The van der Waals surface area contributed by atoms with E-state index in [1.807, 2.05) is 19.1 Å². The zero-order valence-electron chi connectivity index (χ0n) is 8.62. The van der Waals surface area contributed by atoms with Gasteiger partial charge in [0, 0.05) is 12.1 Å². The number of nitrogens with one attached hydrogen (secondary N) is 1. The van der Waals surface area contributed by atoms with Gasteiger partial charge >= 0.3 is 0 Å². The SMILES string of the molecule is Cc1cc(C(=O)NCc2ccoc2)sc1Br. The van der Waals surface area contributed by atoms with Gasteiger partial charge in [-0.05, 0) is 40.5 Å². The maximum absolute atomic E-state index is 11.8. The molecule has 0 aliphatic carbocycles. The molecule has 3 nitrogen and oxygen atoms in total. The smallest absolute Gasteiger partial charge is 0.261 e. The average Bonchev–Trinajstić information content (AvgIpc) is 2.86. The molecule has 5 heteroatoms. The maximum atomic E-state index is 11.8. The molecule has 0 spiro atoms. The fourth-order valence-electron chi connectivity index (χ4n) is 1.23. The fourth-order valence-corrected chi connectivity index (χ4v) is 2.69. The average molecular weight is 300 g/mol. The first kappa shape index (κ1) is 11.4. The van der Waals surface area contributed by atoms with Crippen molar-refractivity contribution in [2.24, 2.45) is 0 Å². The van der Waals surface area contributed by atoms with Crippen molar-refractivity contribution in [2.45, 2.75) is 13.5 Å². The standard InChI is InChI=1S/C11H10BrNO2S/c1-7-4-9(16-10(7)12)11(14)13-5-8-2-3-15-6-8/h2-4,6H,5H2,1H3,(H,13,14). The highest BCUT2D eigenvalue weighted by molar-refractivity contribution is 9.11. The lowest BCUT2D eigenvalue weighted by molar-refractivity contribution is 0.0955. The first-order valence-corrected chi connectivity index (χ1v) is 6.33. The number of hydrogen-bond acceptors (Lipinski definition) is 3. The molecule has 0 fully saturated rings. The third-order valence-electron chi connectivity index (χ3n) is 2.11. The Kier molecular flexibility index (Phi) is 3.46. The molecule has 2 rings (SSSR count). The second-order valence-corrected chi connectivity index (χ2v) is 5.75. The van der Waals surface area contributed by atoms with Gasteiger partial charge in [-0.3, -0.25) is 4.79 Å².